The van der Waals surface area contributed by atoms with Crippen LogP contribution in [0.5, 0.6) is 0 Å². The quantitative estimate of drug-likeness (QED) is 0.378. The topological polar surface area (TPSA) is 99.4 Å². The number of para-hydroxylation sites is 1. The number of aromatic nitrogens is 2. The van der Waals surface area contributed by atoms with E-state index in [0.29, 0.717) is 34.4 Å². The Morgan fingerprint density at radius 1 is 1.26 bits per heavy atom. The Balaban J connectivity index is 1.87. The molecule has 5 rings (SSSR count). The number of carboxylic acid groups (broad SMARTS) is 1. The van der Waals surface area contributed by atoms with E-state index in [2.05, 4.69) is 20.9 Å². The van der Waals surface area contributed by atoms with Crippen molar-refractivity contribution in [3.05, 3.63) is 68.7 Å². The van der Waals surface area contributed by atoms with Crippen molar-refractivity contribution in [1.29, 1.82) is 0 Å². The lowest BCUT2D eigenvalue weighted by Crippen LogP contribution is -2.56. The van der Waals surface area contributed by atoms with Gasteiger partial charge in [-0.15, -0.1) is 0 Å². The minimum absolute atomic E-state index is 0.123. The van der Waals surface area contributed by atoms with Gasteiger partial charge in [0.05, 0.1) is 5.69 Å². The fourth-order valence-corrected chi connectivity index (χ4v) is 5.03. The zero-order valence-electron chi connectivity index (χ0n) is 17.2. The number of nitrogens with zero attached hydrogens (tertiary/aromatic N) is 2. The Labute approximate surface area is 185 Å². The third-order valence-electron chi connectivity index (χ3n) is 6.17. The summed E-state index contributed by atoms with van der Waals surface area (Å²) in [7, 11) is 0. The second kappa shape index (κ2) is 6.43. The fraction of sp³-hybridized carbons (Fsp3) is 0.261. The number of aromatic amines is 1. The van der Waals surface area contributed by atoms with Gasteiger partial charge >= 0.3 is 6.09 Å². The average Bonchev–Trinajstić information content (AvgIpc) is 3.24. The maximum Gasteiger partial charge on any atom is 0.412 e. The second-order valence-electron chi connectivity index (χ2n) is 8.87. The van der Waals surface area contributed by atoms with Gasteiger partial charge in [-0.2, -0.15) is 0 Å². The lowest BCUT2D eigenvalue weighted by atomic mass is 9.70. The van der Waals surface area contributed by atoms with Crippen molar-refractivity contribution in [3.8, 4) is 0 Å². The molecule has 2 aromatic carbocycles. The van der Waals surface area contributed by atoms with Crippen LogP contribution in [0, 0.1) is 5.41 Å². The molecule has 2 aromatic heterocycles. The summed E-state index contributed by atoms with van der Waals surface area (Å²) in [5, 5.41) is 10.9. The molecule has 0 radical (unpaired) electrons. The molecule has 2 N–H and O–H groups in total. The molecule has 158 valence electrons. The molecule has 4 aromatic rings. The van der Waals surface area contributed by atoms with Gasteiger partial charge in [-0.3, -0.25) is 9.69 Å². The van der Waals surface area contributed by atoms with Gasteiger partial charge in [-0.1, -0.05) is 54.9 Å². The summed E-state index contributed by atoms with van der Waals surface area (Å²) in [6, 6.07) is 12.9. The molecule has 8 heteroatoms. The normalized spacial score (nSPS) is 18.6. The van der Waals surface area contributed by atoms with Gasteiger partial charge in [0.1, 0.15) is 22.5 Å². The largest absolute Gasteiger partial charge is 0.465 e. The highest BCUT2D eigenvalue weighted by Gasteiger charge is 2.57. The molecule has 31 heavy (non-hydrogen) atoms. The number of hydrogen-bond donors (Lipinski definition) is 2. The number of rotatable bonds is 1. The molecule has 1 atom stereocenters. The summed E-state index contributed by atoms with van der Waals surface area (Å²) >= 11 is 3.46. The first-order valence-electron chi connectivity index (χ1n) is 9.87. The van der Waals surface area contributed by atoms with E-state index in [1.165, 1.54) is 4.90 Å². The molecule has 0 saturated heterocycles. The summed E-state index contributed by atoms with van der Waals surface area (Å²) < 4.78 is 6.58. The molecule has 1 amide bonds. The standard InChI is InChI=1S/C23H20BrN3O4/c1-22(2,3)23(11-12-6-4-5-7-15(12)27(23)21(29)30)20-25-17-14-10-13(24)8-9-16(14)31-18(17)19(28)26-20/h4-10H,11H2,1-3H3,(H,29,30)(H,25,26,28)/t23-/m1/s1. The van der Waals surface area contributed by atoms with Crippen LogP contribution in [0.25, 0.3) is 22.1 Å². The van der Waals surface area contributed by atoms with Crippen molar-refractivity contribution in [2.75, 3.05) is 4.90 Å². The molecule has 1 aliphatic rings. The minimum atomic E-state index is -1.11. The number of H-pyrrole nitrogens is 1. The van der Waals surface area contributed by atoms with Crippen LogP contribution in [-0.2, 0) is 12.0 Å². The van der Waals surface area contributed by atoms with Crippen molar-refractivity contribution in [3.63, 3.8) is 0 Å². The van der Waals surface area contributed by atoms with E-state index >= 15 is 0 Å². The van der Waals surface area contributed by atoms with Crippen molar-refractivity contribution >= 4 is 49.8 Å². The predicted molar refractivity (Wildman–Crippen MR) is 122 cm³/mol. The zero-order chi connectivity index (χ0) is 22.1. The molecule has 0 bridgehead atoms. The van der Waals surface area contributed by atoms with Gasteiger partial charge in [0.25, 0.3) is 5.56 Å². The predicted octanol–water partition coefficient (Wildman–Crippen LogP) is 5.41. The number of hydrogen-bond acceptors (Lipinski definition) is 4. The number of anilines is 1. The molecule has 0 saturated carbocycles. The molecule has 0 unspecified atom stereocenters. The highest BCUT2D eigenvalue weighted by atomic mass is 79.9. The smallest absolute Gasteiger partial charge is 0.412 e. The Bertz CT molecular complexity index is 1430. The third kappa shape index (κ3) is 2.67. The number of carbonyl (C=O) groups is 1. The van der Waals surface area contributed by atoms with E-state index in [4.69, 9.17) is 9.40 Å². The number of amides is 1. The SMILES string of the molecule is CC(C)(C)[C@]1(c2nc3c(oc4ccc(Br)cc43)c(=O)[nH]2)Cc2ccccc2N1C(=O)O. The Kier molecular flexibility index (Phi) is 4.11. The highest BCUT2D eigenvalue weighted by Crippen LogP contribution is 2.53. The van der Waals surface area contributed by atoms with Gasteiger partial charge in [0.15, 0.2) is 0 Å². The second-order valence-corrected chi connectivity index (χ2v) is 9.78. The van der Waals surface area contributed by atoms with Gasteiger partial charge in [-0.25, -0.2) is 9.78 Å². The number of halogens is 1. The van der Waals surface area contributed by atoms with Crippen molar-refractivity contribution in [2.45, 2.75) is 32.7 Å². The summed E-state index contributed by atoms with van der Waals surface area (Å²) in [5.41, 5.74) is 0.452. The summed E-state index contributed by atoms with van der Waals surface area (Å²) in [4.78, 5) is 34.6. The van der Waals surface area contributed by atoms with Crippen LogP contribution in [0.15, 0.2) is 56.1 Å². The Hall–Kier alpha value is -3.13. The molecule has 0 spiro atoms. The Morgan fingerprint density at radius 3 is 2.71 bits per heavy atom. The first-order valence-corrected chi connectivity index (χ1v) is 10.7. The van der Waals surface area contributed by atoms with Crippen LogP contribution in [0.2, 0.25) is 0 Å². The maximum atomic E-state index is 13.1. The molecule has 1 aliphatic heterocycles. The van der Waals surface area contributed by atoms with Gasteiger partial charge < -0.3 is 14.5 Å². The van der Waals surface area contributed by atoms with Crippen LogP contribution >= 0.6 is 15.9 Å². The molecule has 0 fully saturated rings. The van der Waals surface area contributed by atoms with E-state index in [1.807, 2.05) is 51.1 Å². The summed E-state index contributed by atoms with van der Waals surface area (Å²) in [5.74, 6) is 0.304. The van der Waals surface area contributed by atoms with E-state index in [0.717, 1.165) is 10.0 Å². The van der Waals surface area contributed by atoms with Crippen molar-refractivity contribution in [1.82, 2.24) is 9.97 Å². The average molecular weight is 482 g/mol. The van der Waals surface area contributed by atoms with Crippen molar-refractivity contribution < 1.29 is 14.3 Å². The molecule has 3 heterocycles. The number of fused-ring (bicyclic) bond motifs is 4. The van der Waals surface area contributed by atoms with Crippen LogP contribution in [0.4, 0.5) is 10.5 Å². The van der Waals surface area contributed by atoms with E-state index < -0.39 is 22.6 Å². The van der Waals surface area contributed by atoms with Crippen LogP contribution in [0.1, 0.15) is 32.2 Å². The lowest BCUT2D eigenvalue weighted by Gasteiger charge is -2.45. The third-order valence-corrected chi connectivity index (χ3v) is 6.66. The summed E-state index contributed by atoms with van der Waals surface area (Å²) in [6.07, 6.45) is -0.699. The maximum absolute atomic E-state index is 13.1. The van der Waals surface area contributed by atoms with Crippen LogP contribution in [-0.4, -0.2) is 21.2 Å². The number of furan rings is 1. The molecule has 7 nitrogen and oxygen atoms in total. The van der Waals surface area contributed by atoms with Gasteiger partial charge in [0, 0.05) is 16.3 Å². The lowest BCUT2D eigenvalue weighted by molar-refractivity contribution is 0.147. The molecular weight excluding hydrogens is 462 g/mol. The number of benzene rings is 2. The highest BCUT2D eigenvalue weighted by molar-refractivity contribution is 9.10. The van der Waals surface area contributed by atoms with E-state index in [1.54, 1.807) is 12.1 Å². The number of nitrogens with one attached hydrogen (secondary N) is 1. The van der Waals surface area contributed by atoms with Crippen LogP contribution in [0.3, 0.4) is 0 Å². The van der Waals surface area contributed by atoms with E-state index in [-0.39, 0.29) is 5.58 Å². The zero-order valence-corrected chi connectivity index (χ0v) is 18.8. The fourth-order valence-electron chi connectivity index (χ4n) is 4.67. The summed E-state index contributed by atoms with van der Waals surface area (Å²) in [6.45, 7) is 5.88. The van der Waals surface area contributed by atoms with E-state index in [9.17, 15) is 14.7 Å². The van der Waals surface area contributed by atoms with Gasteiger partial charge in [0.2, 0.25) is 5.58 Å². The minimum Gasteiger partial charge on any atom is -0.465 e. The Morgan fingerprint density at radius 2 is 2.00 bits per heavy atom. The molecule has 0 aliphatic carbocycles. The van der Waals surface area contributed by atoms with Gasteiger partial charge in [-0.05, 0) is 35.2 Å². The monoisotopic (exact) mass is 481 g/mol. The first-order chi connectivity index (χ1) is 14.6. The first kappa shape index (κ1) is 19.8. The van der Waals surface area contributed by atoms with Crippen molar-refractivity contribution in [2.24, 2.45) is 5.41 Å². The molecular formula is C23H20BrN3O4. The van der Waals surface area contributed by atoms with Crippen LogP contribution < -0.4 is 10.5 Å².